The molecule has 0 saturated heterocycles. The van der Waals surface area contributed by atoms with Gasteiger partial charge in [-0.2, -0.15) is 26.3 Å². The number of hydrogen-bond donors (Lipinski definition) is 0. The topological polar surface area (TPSA) is 61.8 Å². The third-order valence-corrected chi connectivity index (χ3v) is 4.30. The molecule has 0 radical (unpaired) electrons. The predicted molar refractivity (Wildman–Crippen MR) is 61.9 cm³/mol. The summed E-state index contributed by atoms with van der Waals surface area (Å²) < 4.78 is 103. The quantitative estimate of drug-likeness (QED) is 0.559. The van der Waals surface area contributed by atoms with Crippen LogP contribution in [0.4, 0.5) is 26.3 Å². The molecule has 1 aliphatic rings. The van der Waals surface area contributed by atoms with Crippen molar-refractivity contribution in [3.8, 4) is 5.75 Å². The highest BCUT2D eigenvalue weighted by molar-refractivity contribution is 7.49. The fourth-order valence-corrected chi connectivity index (χ4v) is 3.08. The third kappa shape index (κ3) is 2.62. The minimum absolute atomic E-state index is 0.524. The number of phosphoric ester groups is 1. The van der Waals surface area contributed by atoms with Crippen molar-refractivity contribution in [2.75, 3.05) is 7.11 Å². The predicted octanol–water partition coefficient (Wildman–Crippen LogP) is 3.90. The number of para-hydroxylation sites is 1. The largest absolute Gasteiger partial charge is 0.531 e. The Morgan fingerprint density at radius 1 is 1.09 bits per heavy atom. The van der Waals surface area contributed by atoms with Crippen LogP contribution in [0, 0.1) is 0 Å². The minimum Gasteiger partial charge on any atom is -0.403 e. The van der Waals surface area contributed by atoms with Crippen molar-refractivity contribution in [2.45, 2.75) is 18.0 Å². The van der Waals surface area contributed by atoms with Crippen LogP contribution >= 0.6 is 7.82 Å². The summed E-state index contributed by atoms with van der Waals surface area (Å²) in [5, 5.41) is 0. The first-order valence-corrected chi connectivity index (χ1v) is 7.17. The first-order chi connectivity index (χ1) is 10.4. The van der Waals surface area contributed by atoms with E-state index in [0.717, 1.165) is 18.2 Å². The molecular formula is C11H7F6O5P. The van der Waals surface area contributed by atoms with Gasteiger partial charge in [-0.05, 0) is 12.1 Å². The summed E-state index contributed by atoms with van der Waals surface area (Å²) in [4.78, 5) is 12.0. The number of ketones is 1. The number of alkyl halides is 6. The van der Waals surface area contributed by atoms with Gasteiger partial charge in [0, 0.05) is 7.11 Å². The molecule has 12 heteroatoms. The second-order valence-electron chi connectivity index (χ2n) is 4.31. The molecule has 1 aliphatic heterocycles. The first-order valence-electron chi connectivity index (χ1n) is 5.71. The average molecular weight is 364 g/mol. The lowest BCUT2D eigenvalue weighted by atomic mass is 9.91. The van der Waals surface area contributed by atoms with Crippen molar-refractivity contribution < 1.29 is 49.3 Å². The molecule has 0 amide bonds. The van der Waals surface area contributed by atoms with Gasteiger partial charge in [0.05, 0.1) is 5.56 Å². The van der Waals surface area contributed by atoms with E-state index in [4.69, 9.17) is 0 Å². The maximum absolute atomic E-state index is 13.2. The molecule has 1 aromatic rings. The Labute approximate surface area is 124 Å². The van der Waals surface area contributed by atoms with Crippen molar-refractivity contribution in [1.82, 2.24) is 0 Å². The Bertz CT molecular complexity index is 668. The van der Waals surface area contributed by atoms with Crippen LogP contribution in [0.1, 0.15) is 10.4 Å². The standard InChI is InChI=1S/C11H7F6O5P/c1-20-23(19)21-7-5-3-2-4-6(7)8(18)9(22-23,10(12,13)14)11(15,16)17/h2-5H,1H3. The number of hydrogen-bond acceptors (Lipinski definition) is 5. The molecule has 1 aromatic carbocycles. The molecule has 1 unspecified atom stereocenters. The highest BCUT2D eigenvalue weighted by Gasteiger charge is 2.80. The zero-order valence-corrected chi connectivity index (χ0v) is 12.0. The SMILES string of the molecule is COP1(=O)Oc2ccccc2C(=O)C(C(F)(F)F)(C(F)(F)F)O1. The van der Waals surface area contributed by atoms with E-state index < -0.39 is 42.9 Å². The number of halogens is 6. The van der Waals surface area contributed by atoms with Gasteiger partial charge in [-0.1, -0.05) is 12.1 Å². The van der Waals surface area contributed by atoms with Crippen molar-refractivity contribution in [3.05, 3.63) is 29.8 Å². The van der Waals surface area contributed by atoms with E-state index in [-0.39, 0.29) is 0 Å². The van der Waals surface area contributed by atoms with E-state index >= 15 is 0 Å². The molecule has 128 valence electrons. The lowest BCUT2D eigenvalue weighted by Gasteiger charge is -2.34. The lowest BCUT2D eigenvalue weighted by Crippen LogP contribution is -2.63. The second kappa shape index (κ2) is 5.22. The number of benzene rings is 1. The molecule has 2 rings (SSSR count). The number of carbonyl (C=O) groups is 1. The smallest absolute Gasteiger partial charge is 0.403 e. The number of fused-ring (bicyclic) bond motifs is 1. The maximum Gasteiger partial charge on any atom is 0.531 e. The molecule has 5 nitrogen and oxygen atoms in total. The van der Waals surface area contributed by atoms with E-state index in [1.165, 1.54) is 0 Å². The Kier molecular flexibility index (Phi) is 4.03. The van der Waals surface area contributed by atoms with Gasteiger partial charge in [0.15, 0.2) is 0 Å². The third-order valence-electron chi connectivity index (χ3n) is 2.93. The van der Waals surface area contributed by atoms with Crippen molar-refractivity contribution >= 4 is 13.6 Å². The fraction of sp³-hybridized carbons (Fsp3) is 0.364. The van der Waals surface area contributed by atoms with E-state index in [9.17, 15) is 35.7 Å². The summed E-state index contributed by atoms with van der Waals surface area (Å²) in [6, 6.07) is 3.70. The molecule has 0 spiro atoms. The van der Waals surface area contributed by atoms with Gasteiger partial charge in [0.1, 0.15) is 5.75 Å². The molecule has 0 saturated carbocycles. The first kappa shape index (κ1) is 17.8. The number of rotatable bonds is 1. The highest BCUT2D eigenvalue weighted by atomic mass is 31.2. The van der Waals surface area contributed by atoms with Crippen LogP contribution in [0.15, 0.2) is 24.3 Å². The average Bonchev–Trinajstić information content (AvgIpc) is 2.52. The lowest BCUT2D eigenvalue weighted by molar-refractivity contribution is -0.335. The molecule has 0 aliphatic carbocycles. The molecule has 0 fully saturated rings. The van der Waals surface area contributed by atoms with Crippen molar-refractivity contribution in [1.29, 1.82) is 0 Å². The van der Waals surface area contributed by atoms with Crippen LogP contribution < -0.4 is 4.52 Å². The Hall–Kier alpha value is -1.58. The molecule has 1 heterocycles. The van der Waals surface area contributed by atoms with Gasteiger partial charge in [-0.25, -0.2) is 9.09 Å². The van der Waals surface area contributed by atoms with Crippen LogP contribution in [0.25, 0.3) is 0 Å². The van der Waals surface area contributed by atoms with Crippen LogP contribution in [0.2, 0.25) is 0 Å². The number of Topliss-reactive ketones (excluding diaryl/α,β-unsaturated/α-hetero) is 1. The molecule has 1 atom stereocenters. The normalized spacial score (nSPS) is 24.6. The Morgan fingerprint density at radius 2 is 1.61 bits per heavy atom. The molecule has 23 heavy (non-hydrogen) atoms. The van der Waals surface area contributed by atoms with Crippen LogP contribution in [0.5, 0.6) is 5.75 Å². The van der Waals surface area contributed by atoms with Crippen LogP contribution in [-0.2, 0) is 13.6 Å². The van der Waals surface area contributed by atoms with Crippen molar-refractivity contribution in [2.24, 2.45) is 0 Å². The summed E-state index contributed by atoms with van der Waals surface area (Å²) >= 11 is 0. The molecule has 0 aromatic heterocycles. The number of carbonyl (C=O) groups excluding carboxylic acids is 1. The molecular weight excluding hydrogens is 357 g/mol. The zero-order valence-electron chi connectivity index (χ0n) is 11.1. The van der Waals surface area contributed by atoms with Gasteiger partial charge in [-0.15, -0.1) is 0 Å². The number of phosphoric acid groups is 1. The van der Waals surface area contributed by atoms with Gasteiger partial charge in [0.2, 0.25) is 5.78 Å². The maximum atomic E-state index is 13.2. The molecule has 0 bridgehead atoms. The van der Waals surface area contributed by atoms with Crippen LogP contribution in [-0.4, -0.2) is 30.8 Å². The van der Waals surface area contributed by atoms with Gasteiger partial charge >= 0.3 is 25.8 Å². The summed E-state index contributed by atoms with van der Waals surface area (Å²) in [5.74, 6) is -3.28. The van der Waals surface area contributed by atoms with E-state index in [0.29, 0.717) is 13.2 Å². The Morgan fingerprint density at radius 3 is 2.09 bits per heavy atom. The van der Waals surface area contributed by atoms with Crippen molar-refractivity contribution in [3.63, 3.8) is 0 Å². The highest BCUT2D eigenvalue weighted by Crippen LogP contribution is 2.62. The summed E-state index contributed by atoms with van der Waals surface area (Å²) in [5.41, 5.74) is -6.46. The second-order valence-corrected chi connectivity index (χ2v) is 5.94. The van der Waals surface area contributed by atoms with Crippen LogP contribution in [0.3, 0.4) is 0 Å². The van der Waals surface area contributed by atoms with Gasteiger partial charge in [0.25, 0.3) is 0 Å². The minimum atomic E-state index is -6.27. The monoisotopic (exact) mass is 364 g/mol. The van der Waals surface area contributed by atoms with E-state index in [2.05, 4.69) is 13.6 Å². The zero-order chi connectivity index (χ0) is 17.7. The Balaban J connectivity index is 2.86. The van der Waals surface area contributed by atoms with E-state index in [1.54, 1.807) is 0 Å². The van der Waals surface area contributed by atoms with E-state index in [1.807, 2.05) is 0 Å². The summed E-state index contributed by atoms with van der Waals surface area (Å²) in [7, 11) is -4.86. The summed E-state index contributed by atoms with van der Waals surface area (Å²) in [6.45, 7) is 0. The summed E-state index contributed by atoms with van der Waals surface area (Å²) in [6.07, 6.45) is -12.5. The van der Waals surface area contributed by atoms with Gasteiger partial charge in [-0.3, -0.25) is 9.32 Å². The fourth-order valence-electron chi connectivity index (χ4n) is 1.87. The molecule has 0 N–H and O–H groups in total. The van der Waals surface area contributed by atoms with Gasteiger partial charge < -0.3 is 4.52 Å².